The second kappa shape index (κ2) is 8.51. The van der Waals surface area contributed by atoms with Crippen molar-refractivity contribution in [1.82, 2.24) is 0 Å². The predicted octanol–water partition coefficient (Wildman–Crippen LogP) is 8.63. The van der Waals surface area contributed by atoms with Crippen molar-refractivity contribution in [2.75, 3.05) is 0 Å². The molecular formula is C34H42N2O2. The van der Waals surface area contributed by atoms with Gasteiger partial charge in [-0.25, -0.2) is 0 Å². The molecule has 2 atom stereocenters. The lowest BCUT2D eigenvalue weighted by Crippen LogP contribution is -2.66. The fourth-order valence-corrected chi connectivity index (χ4v) is 9.56. The van der Waals surface area contributed by atoms with Gasteiger partial charge >= 0.3 is 0 Å². The number of benzene rings is 2. The standard InChI is InChI=1S/C34H42N2O2/c1-9-31-14-32(26-10-22(2)28(37-20-35)23(3)11-26)17-33(15-31,19-34(16-31,18-32)30(6,7)8)27-12-24(4)29(38-21-36)25(5)13-27/h10-13H,9,14-19H2,1-8H3. The third kappa shape index (κ3) is 3.75. The first-order valence-corrected chi connectivity index (χ1v) is 14.1. The number of nitrogens with zero attached hydrogens (tertiary/aromatic N) is 2. The Hall–Kier alpha value is -2.98. The SMILES string of the molecule is CCC12CC3(c4cc(C)c(OC#N)c(C)c4)CC(c4cc(C)c(OC#N)c(C)c4)(C1)CC(C(C)(C)C)(C2)C3. The number of hydrogen-bond donors (Lipinski definition) is 0. The van der Waals surface area contributed by atoms with Gasteiger partial charge in [0, 0.05) is 0 Å². The van der Waals surface area contributed by atoms with E-state index in [2.05, 4.69) is 79.7 Å². The van der Waals surface area contributed by atoms with Crippen molar-refractivity contribution < 1.29 is 9.47 Å². The smallest absolute Gasteiger partial charge is 0.292 e. The molecule has 6 rings (SSSR count). The second-order valence-corrected chi connectivity index (χ2v) is 14.3. The lowest BCUT2D eigenvalue weighted by Gasteiger charge is -2.74. The van der Waals surface area contributed by atoms with Crippen molar-refractivity contribution in [2.45, 2.75) is 111 Å². The zero-order valence-electron chi connectivity index (χ0n) is 24.5. The van der Waals surface area contributed by atoms with E-state index in [0.29, 0.717) is 11.5 Å². The molecule has 4 bridgehead atoms. The van der Waals surface area contributed by atoms with E-state index >= 15 is 0 Å². The predicted molar refractivity (Wildman–Crippen MR) is 150 cm³/mol. The van der Waals surface area contributed by atoms with Gasteiger partial charge in [-0.1, -0.05) is 58.4 Å². The fourth-order valence-electron chi connectivity index (χ4n) is 9.56. The molecule has 4 aliphatic rings. The summed E-state index contributed by atoms with van der Waals surface area (Å²) in [5.41, 5.74) is 7.87. The maximum atomic E-state index is 9.22. The molecule has 0 spiro atoms. The summed E-state index contributed by atoms with van der Waals surface area (Å²) in [6, 6.07) is 9.28. The summed E-state index contributed by atoms with van der Waals surface area (Å²) in [6.45, 7) is 18.1. The number of hydrogen-bond acceptors (Lipinski definition) is 4. The Bertz CT molecular complexity index is 1250. The van der Waals surface area contributed by atoms with E-state index in [-0.39, 0.29) is 27.1 Å². The number of nitriles is 2. The minimum absolute atomic E-state index is 0.0718. The van der Waals surface area contributed by atoms with Crippen LogP contribution in [0.15, 0.2) is 24.3 Å². The minimum atomic E-state index is 0.0718. The van der Waals surface area contributed by atoms with E-state index in [4.69, 9.17) is 9.47 Å². The number of aryl methyl sites for hydroxylation is 4. The van der Waals surface area contributed by atoms with Crippen molar-refractivity contribution >= 4 is 0 Å². The Labute approximate surface area is 229 Å². The number of ether oxygens (including phenoxy) is 2. The summed E-state index contributed by atoms with van der Waals surface area (Å²) in [5.74, 6) is 1.40. The molecule has 4 aliphatic carbocycles. The first-order chi connectivity index (χ1) is 17.8. The van der Waals surface area contributed by atoms with Gasteiger partial charge in [-0.15, -0.1) is 10.5 Å². The van der Waals surface area contributed by atoms with E-state index in [0.717, 1.165) is 28.7 Å². The summed E-state index contributed by atoms with van der Waals surface area (Å²) in [6.07, 6.45) is 12.2. The van der Waals surface area contributed by atoms with Gasteiger partial charge in [-0.3, -0.25) is 0 Å². The summed E-state index contributed by atoms with van der Waals surface area (Å²) in [7, 11) is 0. The topological polar surface area (TPSA) is 66.0 Å². The number of rotatable bonds is 5. The molecule has 2 unspecified atom stereocenters. The largest absolute Gasteiger partial charge is 0.387 e. The lowest BCUT2D eigenvalue weighted by molar-refractivity contribution is -0.183. The molecule has 2 aromatic rings. The van der Waals surface area contributed by atoms with Gasteiger partial charge in [0.15, 0.2) is 0 Å². The van der Waals surface area contributed by atoms with Crippen LogP contribution in [0.5, 0.6) is 11.5 Å². The normalized spacial score (nSPS) is 31.5. The molecular weight excluding hydrogens is 468 g/mol. The monoisotopic (exact) mass is 510 g/mol. The van der Waals surface area contributed by atoms with Crippen LogP contribution in [0.25, 0.3) is 0 Å². The van der Waals surface area contributed by atoms with Crippen LogP contribution >= 0.6 is 0 Å². The maximum Gasteiger partial charge on any atom is 0.292 e. The van der Waals surface area contributed by atoms with Crippen molar-refractivity contribution in [3.05, 3.63) is 57.6 Å². The molecule has 0 heterocycles. The van der Waals surface area contributed by atoms with Crippen LogP contribution < -0.4 is 9.47 Å². The van der Waals surface area contributed by atoms with Gasteiger partial charge in [-0.2, -0.15) is 0 Å². The fraction of sp³-hybridized carbons (Fsp3) is 0.588. The summed E-state index contributed by atoms with van der Waals surface area (Å²) >= 11 is 0. The van der Waals surface area contributed by atoms with Gasteiger partial charge in [0.2, 0.25) is 0 Å². The quantitative estimate of drug-likeness (QED) is 0.378. The lowest BCUT2D eigenvalue weighted by atomic mass is 9.30. The molecule has 4 fully saturated rings. The van der Waals surface area contributed by atoms with E-state index in [1.165, 1.54) is 49.7 Å². The summed E-state index contributed by atoms with van der Waals surface area (Å²) in [5, 5.41) is 18.4. The highest BCUT2D eigenvalue weighted by Crippen LogP contribution is 2.78. The molecule has 0 aliphatic heterocycles. The minimum Gasteiger partial charge on any atom is -0.387 e. The first-order valence-electron chi connectivity index (χ1n) is 14.1. The average Bonchev–Trinajstić information content (AvgIpc) is 2.82. The Morgan fingerprint density at radius 1 is 0.684 bits per heavy atom. The Morgan fingerprint density at radius 3 is 1.39 bits per heavy atom. The van der Waals surface area contributed by atoms with E-state index in [1.54, 1.807) is 0 Å². The molecule has 4 saturated carbocycles. The zero-order valence-corrected chi connectivity index (χ0v) is 24.5. The first kappa shape index (κ1) is 26.6. The average molecular weight is 511 g/mol. The maximum absolute atomic E-state index is 9.22. The second-order valence-electron chi connectivity index (χ2n) is 14.3. The van der Waals surface area contributed by atoms with Gasteiger partial charge in [0.1, 0.15) is 11.5 Å². The van der Waals surface area contributed by atoms with Crippen molar-refractivity contribution in [2.24, 2.45) is 16.2 Å². The molecule has 38 heavy (non-hydrogen) atoms. The highest BCUT2D eigenvalue weighted by atomic mass is 16.5. The van der Waals surface area contributed by atoms with Gasteiger partial charge in [0.05, 0.1) is 0 Å². The van der Waals surface area contributed by atoms with E-state index in [1.807, 2.05) is 12.5 Å². The summed E-state index contributed by atoms with van der Waals surface area (Å²) < 4.78 is 10.7. The Balaban J connectivity index is 1.75. The molecule has 0 saturated heterocycles. The molecule has 4 nitrogen and oxygen atoms in total. The highest BCUT2D eigenvalue weighted by molar-refractivity contribution is 5.51. The Kier molecular flexibility index (Phi) is 5.96. The van der Waals surface area contributed by atoms with Gasteiger partial charge in [0.25, 0.3) is 12.5 Å². The molecule has 0 amide bonds. The summed E-state index contributed by atoms with van der Waals surface area (Å²) in [4.78, 5) is 0. The third-order valence-corrected chi connectivity index (χ3v) is 11.0. The molecule has 4 heteroatoms. The molecule has 2 aromatic carbocycles. The molecule has 0 radical (unpaired) electrons. The van der Waals surface area contributed by atoms with E-state index in [9.17, 15) is 10.5 Å². The van der Waals surface area contributed by atoms with E-state index < -0.39 is 0 Å². The Morgan fingerprint density at radius 2 is 1.08 bits per heavy atom. The van der Waals surface area contributed by atoms with Gasteiger partial charge in [-0.05, 0) is 127 Å². The van der Waals surface area contributed by atoms with Crippen LogP contribution in [0.4, 0.5) is 0 Å². The van der Waals surface area contributed by atoms with Crippen LogP contribution in [-0.4, -0.2) is 0 Å². The molecule has 200 valence electrons. The van der Waals surface area contributed by atoms with Crippen molar-refractivity contribution in [1.29, 1.82) is 10.5 Å². The molecule has 0 aromatic heterocycles. The van der Waals surface area contributed by atoms with Crippen LogP contribution in [0, 0.1) is 67.0 Å². The van der Waals surface area contributed by atoms with Crippen LogP contribution in [-0.2, 0) is 10.8 Å². The van der Waals surface area contributed by atoms with Gasteiger partial charge < -0.3 is 9.47 Å². The van der Waals surface area contributed by atoms with Crippen molar-refractivity contribution in [3.8, 4) is 24.0 Å². The zero-order chi connectivity index (χ0) is 27.7. The molecule has 0 N–H and O–H groups in total. The van der Waals surface area contributed by atoms with Crippen LogP contribution in [0.2, 0.25) is 0 Å². The van der Waals surface area contributed by atoms with Crippen molar-refractivity contribution in [3.63, 3.8) is 0 Å². The third-order valence-electron chi connectivity index (χ3n) is 11.0. The van der Waals surface area contributed by atoms with Crippen LogP contribution in [0.1, 0.15) is 106 Å². The highest BCUT2D eigenvalue weighted by Gasteiger charge is 2.70. The van der Waals surface area contributed by atoms with Crippen LogP contribution in [0.3, 0.4) is 0 Å².